The van der Waals surface area contributed by atoms with Crippen LogP contribution in [0.15, 0.2) is 48.5 Å². The number of halogens is 1. The molecule has 0 radical (unpaired) electrons. The summed E-state index contributed by atoms with van der Waals surface area (Å²) in [6.07, 6.45) is 0.198. The van der Waals surface area contributed by atoms with Gasteiger partial charge in [0.15, 0.2) is 0 Å². The molecule has 7 heteroatoms. The van der Waals surface area contributed by atoms with Crippen LogP contribution in [0.3, 0.4) is 0 Å². The molecule has 0 saturated carbocycles. The van der Waals surface area contributed by atoms with Crippen molar-refractivity contribution in [2.75, 3.05) is 20.2 Å². The molecule has 1 N–H and O–H groups in total. The number of nitrogens with zero attached hydrogens (tertiary/aromatic N) is 1. The first kappa shape index (κ1) is 24.9. The summed E-state index contributed by atoms with van der Waals surface area (Å²) in [6.45, 7) is 9.44. The van der Waals surface area contributed by atoms with Crippen LogP contribution in [0.1, 0.15) is 45.6 Å². The Balaban J connectivity index is 1.65. The monoisotopic (exact) mass is 472 g/mol. The summed E-state index contributed by atoms with van der Waals surface area (Å²) in [6, 6.07) is 14.0. The van der Waals surface area contributed by atoms with Gasteiger partial charge >= 0.3 is 6.09 Å². The first-order valence-corrected chi connectivity index (χ1v) is 11.6. The molecule has 2 aromatic carbocycles. The first-order chi connectivity index (χ1) is 15.6. The third kappa shape index (κ3) is 6.20. The molecular formula is C26H33ClN2O4. The fourth-order valence-electron chi connectivity index (χ4n) is 4.48. The number of ether oxygens (including phenoxy) is 2. The molecule has 33 heavy (non-hydrogen) atoms. The molecule has 1 aliphatic heterocycles. The summed E-state index contributed by atoms with van der Waals surface area (Å²) in [4.78, 5) is 27.8. The van der Waals surface area contributed by atoms with Gasteiger partial charge < -0.3 is 19.7 Å². The lowest BCUT2D eigenvalue weighted by molar-refractivity contribution is -0.138. The number of hydrogen-bond acceptors (Lipinski definition) is 4. The van der Waals surface area contributed by atoms with Crippen LogP contribution in [0.2, 0.25) is 5.02 Å². The number of carbonyl (C=O) groups excluding carboxylic acids is 2. The highest BCUT2D eigenvalue weighted by atomic mass is 35.5. The van der Waals surface area contributed by atoms with E-state index in [0.717, 1.165) is 11.4 Å². The molecule has 2 amide bonds. The van der Waals surface area contributed by atoms with E-state index in [2.05, 4.69) is 31.3 Å². The molecule has 0 aromatic heterocycles. The van der Waals surface area contributed by atoms with Gasteiger partial charge in [-0.3, -0.25) is 4.79 Å². The number of rotatable bonds is 6. The number of carbonyl (C=O) groups is 2. The lowest BCUT2D eigenvalue weighted by atomic mass is 9.70. The topological polar surface area (TPSA) is 67.9 Å². The quantitative estimate of drug-likeness (QED) is 0.602. The number of amides is 2. The van der Waals surface area contributed by atoms with Crippen molar-refractivity contribution in [3.63, 3.8) is 0 Å². The third-order valence-corrected chi connectivity index (χ3v) is 6.54. The molecule has 0 unspecified atom stereocenters. The normalized spacial score (nSPS) is 18.5. The highest BCUT2D eigenvalue weighted by Gasteiger charge is 2.40. The van der Waals surface area contributed by atoms with Gasteiger partial charge in [-0.15, -0.1) is 0 Å². The fraction of sp³-hybridized carbons (Fsp3) is 0.462. The summed E-state index contributed by atoms with van der Waals surface area (Å²) in [5.41, 5.74) is 1.12. The largest absolute Gasteiger partial charge is 0.497 e. The van der Waals surface area contributed by atoms with Gasteiger partial charge in [0.2, 0.25) is 5.91 Å². The zero-order chi connectivity index (χ0) is 24.2. The van der Waals surface area contributed by atoms with Crippen molar-refractivity contribution in [1.82, 2.24) is 10.2 Å². The van der Waals surface area contributed by atoms with Crippen LogP contribution in [0.4, 0.5) is 4.79 Å². The second-order valence-electron chi connectivity index (χ2n) is 9.57. The second kappa shape index (κ2) is 10.5. The number of likely N-dealkylation sites (tertiary alicyclic amines) is 1. The van der Waals surface area contributed by atoms with Gasteiger partial charge in [0.25, 0.3) is 0 Å². The number of benzene rings is 2. The van der Waals surface area contributed by atoms with E-state index in [-0.39, 0.29) is 17.2 Å². The predicted octanol–water partition coefficient (Wildman–Crippen LogP) is 5.50. The van der Waals surface area contributed by atoms with Gasteiger partial charge in [0, 0.05) is 18.1 Å². The molecule has 6 nitrogen and oxygen atoms in total. The zero-order valence-electron chi connectivity index (χ0n) is 19.9. The van der Waals surface area contributed by atoms with E-state index in [1.54, 1.807) is 31.4 Å². The predicted molar refractivity (Wildman–Crippen MR) is 130 cm³/mol. The fourth-order valence-corrected chi connectivity index (χ4v) is 4.60. The smallest absolute Gasteiger partial charge is 0.413 e. The third-order valence-electron chi connectivity index (χ3n) is 6.29. The molecule has 1 fully saturated rings. The molecule has 3 rings (SSSR count). The maximum Gasteiger partial charge on any atom is 0.413 e. The summed E-state index contributed by atoms with van der Waals surface area (Å²) in [5, 5.41) is 3.49. The Labute approximate surface area is 201 Å². The Morgan fingerprint density at radius 2 is 1.67 bits per heavy atom. The van der Waals surface area contributed by atoms with Crippen molar-refractivity contribution in [2.24, 2.45) is 11.3 Å². The Morgan fingerprint density at radius 3 is 2.21 bits per heavy atom. The van der Waals surface area contributed by atoms with Crippen molar-refractivity contribution in [1.29, 1.82) is 0 Å². The van der Waals surface area contributed by atoms with Crippen LogP contribution in [0.5, 0.6) is 11.5 Å². The number of hydrogen-bond donors (Lipinski definition) is 1. The van der Waals surface area contributed by atoms with Crippen LogP contribution in [0, 0.1) is 11.3 Å². The molecule has 2 aromatic rings. The second-order valence-corrected chi connectivity index (χ2v) is 10.0. The molecule has 178 valence electrons. The summed E-state index contributed by atoms with van der Waals surface area (Å²) >= 11 is 6.05. The van der Waals surface area contributed by atoms with E-state index >= 15 is 0 Å². The van der Waals surface area contributed by atoms with Gasteiger partial charge in [0.05, 0.1) is 7.11 Å². The van der Waals surface area contributed by atoms with Gasteiger partial charge in [0.1, 0.15) is 17.5 Å². The molecule has 1 saturated heterocycles. The number of nitrogens with one attached hydrogen (secondary N) is 1. The molecule has 0 spiro atoms. The van der Waals surface area contributed by atoms with Crippen molar-refractivity contribution in [3.8, 4) is 11.5 Å². The minimum Gasteiger partial charge on any atom is -0.497 e. The van der Waals surface area contributed by atoms with E-state index in [1.807, 2.05) is 30.9 Å². The maximum atomic E-state index is 13.4. The van der Waals surface area contributed by atoms with Crippen molar-refractivity contribution >= 4 is 23.6 Å². The van der Waals surface area contributed by atoms with Gasteiger partial charge in [-0.05, 0) is 65.6 Å². The standard InChI is InChI=1S/C26H33ClN2O4/c1-17(2)23(28-25(31)33-21-12-10-20(32-5)11-13-21)24(30)29-15-14-22(26(3,4)16-29)18-6-8-19(27)9-7-18/h6-13,17,22-23H,14-16H2,1-5H3,(H,28,31)/t22-,23-/m1/s1. The van der Waals surface area contributed by atoms with Crippen LogP contribution in [-0.4, -0.2) is 43.1 Å². The van der Waals surface area contributed by atoms with Gasteiger partial charge in [-0.25, -0.2) is 4.79 Å². The maximum absolute atomic E-state index is 13.4. The summed E-state index contributed by atoms with van der Waals surface area (Å²) in [5.74, 6) is 1.21. The molecule has 1 heterocycles. The Kier molecular flexibility index (Phi) is 7.90. The highest BCUT2D eigenvalue weighted by Crippen LogP contribution is 2.42. The van der Waals surface area contributed by atoms with Crippen LogP contribution >= 0.6 is 11.6 Å². The SMILES string of the molecule is COc1ccc(OC(=O)N[C@@H](C(=O)N2CC[C@H](c3ccc(Cl)cc3)C(C)(C)C2)C(C)C)cc1. The lowest BCUT2D eigenvalue weighted by Crippen LogP contribution is -2.56. The van der Waals surface area contributed by atoms with Crippen LogP contribution in [-0.2, 0) is 4.79 Å². The first-order valence-electron chi connectivity index (χ1n) is 11.3. The highest BCUT2D eigenvalue weighted by molar-refractivity contribution is 6.30. The van der Waals surface area contributed by atoms with Crippen molar-refractivity contribution in [3.05, 3.63) is 59.1 Å². The van der Waals surface area contributed by atoms with E-state index in [4.69, 9.17) is 21.1 Å². The Bertz CT molecular complexity index is 957. The number of methoxy groups -OCH3 is 1. The molecule has 2 atom stereocenters. The van der Waals surface area contributed by atoms with E-state index < -0.39 is 12.1 Å². The Hall–Kier alpha value is -2.73. The average molecular weight is 473 g/mol. The minimum atomic E-state index is -0.668. The van der Waals surface area contributed by atoms with E-state index in [0.29, 0.717) is 30.5 Å². The van der Waals surface area contributed by atoms with Gasteiger partial charge in [-0.1, -0.05) is 51.4 Å². The van der Waals surface area contributed by atoms with Crippen molar-refractivity contribution < 1.29 is 19.1 Å². The average Bonchev–Trinajstić information content (AvgIpc) is 2.77. The van der Waals surface area contributed by atoms with Gasteiger partial charge in [-0.2, -0.15) is 0 Å². The summed E-state index contributed by atoms with van der Waals surface area (Å²) in [7, 11) is 1.57. The molecule has 0 aliphatic carbocycles. The van der Waals surface area contributed by atoms with E-state index in [1.165, 1.54) is 5.56 Å². The summed E-state index contributed by atoms with van der Waals surface area (Å²) < 4.78 is 10.5. The number of piperidine rings is 1. The lowest BCUT2D eigenvalue weighted by Gasteiger charge is -2.45. The van der Waals surface area contributed by atoms with E-state index in [9.17, 15) is 9.59 Å². The molecule has 0 bridgehead atoms. The molecule has 1 aliphatic rings. The minimum absolute atomic E-state index is 0.0840. The van der Waals surface area contributed by atoms with Crippen molar-refractivity contribution in [2.45, 2.75) is 46.1 Å². The van der Waals surface area contributed by atoms with Crippen LogP contribution in [0.25, 0.3) is 0 Å². The van der Waals surface area contributed by atoms with Crippen LogP contribution < -0.4 is 14.8 Å². The zero-order valence-corrected chi connectivity index (χ0v) is 20.7. The Morgan fingerprint density at radius 1 is 1.06 bits per heavy atom. The molecular weight excluding hydrogens is 440 g/mol.